The SMILES string of the molecule is O=C(NO)C1CCCC1.O=c1cccc[nH]1. The van der Waals surface area contributed by atoms with E-state index >= 15 is 0 Å². The molecule has 16 heavy (non-hydrogen) atoms. The van der Waals surface area contributed by atoms with E-state index < -0.39 is 0 Å². The van der Waals surface area contributed by atoms with Crippen LogP contribution in [-0.4, -0.2) is 16.1 Å². The van der Waals surface area contributed by atoms with Gasteiger partial charge in [0.05, 0.1) is 0 Å². The first-order valence-electron chi connectivity index (χ1n) is 5.31. The third-order valence-corrected chi connectivity index (χ3v) is 2.52. The summed E-state index contributed by atoms with van der Waals surface area (Å²) in [4.78, 5) is 23.3. The zero-order valence-corrected chi connectivity index (χ0v) is 8.98. The van der Waals surface area contributed by atoms with Gasteiger partial charge >= 0.3 is 0 Å². The molecule has 0 spiro atoms. The number of hydroxylamine groups is 1. The lowest BCUT2D eigenvalue weighted by atomic mass is 10.1. The molecule has 1 aromatic heterocycles. The van der Waals surface area contributed by atoms with E-state index in [-0.39, 0.29) is 17.4 Å². The zero-order chi connectivity index (χ0) is 11.8. The van der Waals surface area contributed by atoms with Crippen LogP contribution in [0.1, 0.15) is 25.7 Å². The first-order valence-corrected chi connectivity index (χ1v) is 5.31. The summed E-state index contributed by atoms with van der Waals surface area (Å²) in [7, 11) is 0. The molecule has 0 unspecified atom stereocenters. The molecule has 1 amide bonds. The quantitative estimate of drug-likeness (QED) is 0.492. The fraction of sp³-hybridized carbons (Fsp3) is 0.455. The number of carbonyl (C=O) groups is 1. The fourth-order valence-corrected chi connectivity index (χ4v) is 1.66. The highest BCUT2D eigenvalue weighted by Gasteiger charge is 2.21. The van der Waals surface area contributed by atoms with Crippen molar-refractivity contribution in [2.45, 2.75) is 25.7 Å². The molecule has 1 aromatic rings. The van der Waals surface area contributed by atoms with E-state index in [0.29, 0.717) is 0 Å². The second-order valence-corrected chi connectivity index (χ2v) is 3.68. The van der Waals surface area contributed by atoms with Crippen LogP contribution in [0.3, 0.4) is 0 Å². The van der Waals surface area contributed by atoms with Crippen LogP contribution in [0, 0.1) is 5.92 Å². The van der Waals surface area contributed by atoms with Crippen LogP contribution in [0.25, 0.3) is 0 Å². The maximum Gasteiger partial charge on any atom is 0.247 e. The molecule has 0 atom stereocenters. The van der Waals surface area contributed by atoms with Crippen molar-refractivity contribution in [3.63, 3.8) is 0 Å². The van der Waals surface area contributed by atoms with Gasteiger partial charge < -0.3 is 4.98 Å². The smallest absolute Gasteiger partial charge is 0.247 e. The molecule has 88 valence electrons. The molecule has 5 nitrogen and oxygen atoms in total. The second kappa shape index (κ2) is 6.79. The first-order chi connectivity index (χ1) is 7.74. The van der Waals surface area contributed by atoms with Crippen LogP contribution in [0.5, 0.6) is 0 Å². The van der Waals surface area contributed by atoms with Gasteiger partial charge in [0.15, 0.2) is 0 Å². The van der Waals surface area contributed by atoms with Gasteiger partial charge in [-0.15, -0.1) is 0 Å². The second-order valence-electron chi connectivity index (χ2n) is 3.68. The number of aromatic nitrogens is 1. The fourth-order valence-electron chi connectivity index (χ4n) is 1.66. The number of H-pyrrole nitrogens is 1. The predicted molar refractivity (Wildman–Crippen MR) is 58.9 cm³/mol. The van der Waals surface area contributed by atoms with Crippen molar-refractivity contribution in [3.8, 4) is 0 Å². The number of aromatic amines is 1. The Bertz CT molecular complexity index is 352. The molecular formula is C11H16N2O3. The van der Waals surface area contributed by atoms with Crippen LogP contribution in [0.15, 0.2) is 29.2 Å². The molecule has 0 saturated heterocycles. The molecule has 1 aliphatic carbocycles. The maximum absolute atomic E-state index is 10.7. The van der Waals surface area contributed by atoms with Gasteiger partial charge in [0.25, 0.3) is 0 Å². The molecule has 3 N–H and O–H groups in total. The van der Waals surface area contributed by atoms with Gasteiger partial charge in [0, 0.05) is 18.2 Å². The van der Waals surface area contributed by atoms with Gasteiger partial charge in [-0.2, -0.15) is 0 Å². The lowest BCUT2D eigenvalue weighted by molar-refractivity contribution is -0.133. The topological polar surface area (TPSA) is 82.2 Å². The van der Waals surface area contributed by atoms with Crippen molar-refractivity contribution in [1.82, 2.24) is 10.5 Å². The number of hydrogen-bond donors (Lipinski definition) is 3. The highest BCUT2D eigenvalue weighted by atomic mass is 16.5. The first kappa shape index (κ1) is 12.4. The summed E-state index contributed by atoms with van der Waals surface area (Å²) < 4.78 is 0. The Labute approximate surface area is 93.5 Å². The lowest BCUT2D eigenvalue weighted by Gasteiger charge is -2.03. The molecule has 1 heterocycles. The molecule has 1 aliphatic rings. The Kier molecular flexibility index (Phi) is 5.28. The van der Waals surface area contributed by atoms with Crippen molar-refractivity contribution >= 4 is 5.91 Å². The third kappa shape index (κ3) is 4.27. The summed E-state index contributed by atoms with van der Waals surface area (Å²) in [5, 5.41) is 8.20. The summed E-state index contributed by atoms with van der Waals surface area (Å²) in [6.45, 7) is 0. The standard InChI is InChI=1S/C6H11NO2.C5H5NO/c8-6(7-9)5-3-1-2-4-5;7-5-3-1-2-4-6-5/h5,9H,1-4H2,(H,7,8);1-4H,(H,6,7). The van der Waals surface area contributed by atoms with Crippen LogP contribution in [0.2, 0.25) is 0 Å². The molecule has 1 saturated carbocycles. The lowest BCUT2D eigenvalue weighted by Crippen LogP contribution is -2.25. The van der Waals surface area contributed by atoms with E-state index in [1.807, 2.05) is 0 Å². The van der Waals surface area contributed by atoms with E-state index in [2.05, 4.69) is 4.98 Å². The van der Waals surface area contributed by atoms with Crippen molar-refractivity contribution in [2.75, 3.05) is 0 Å². The third-order valence-electron chi connectivity index (χ3n) is 2.52. The predicted octanol–water partition coefficient (Wildman–Crippen LogP) is 1.06. The van der Waals surface area contributed by atoms with Crippen LogP contribution >= 0.6 is 0 Å². The number of nitrogens with one attached hydrogen (secondary N) is 2. The monoisotopic (exact) mass is 224 g/mol. The average Bonchev–Trinajstić information content (AvgIpc) is 2.83. The van der Waals surface area contributed by atoms with E-state index in [9.17, 15) is 9.59 Å². The highest BCUT2D eigenvalue weighted by Crippen LogP contribution is 2.24. The van der Waals surface area contributed by atoms with Gasteiger partial charge in [-0.1, -0.05) is 18.9 Å². The van der Waals surface area contributed by atoms with Crippen molar-refractivity contribution in [2.24, 2.45) is 5.92 Å². The number of amides is 1. The Hall–Kier alpha value is -1.62. The minimum atomic E-state index is -0.215. The van der Waals surface area contributed by atoms with Crippen molar-refractivity contribution in [3.05, 3.63) is 34.7 Å². The van der Waals surface area contributed by atoms with Gasteiger partial charge in [-0.25, -0.2) is 5.48 Å². The summed E-state index contributed by atoms with van der Waals surface area (Å²) >= 11 is 0. The number of pyridine rings is 1. The molecule has 0 aromatic carbocycles. The minimum absolute atomic E-state index is 0.0532. The van der Waals surface area contributed by atoms with E-state index in [4.69, 9.17) is 5.21 Å². The van der Waals surface area contributed by atoms with E-state index in [0.717, 1.165) is 25.7 Å². The number of rotatable bonds is 1. The summed E-state index contributed by atoms with van der Waals surface area (Å²) in [6, 6.07) is 4.93. The molecular weight excluding hydrogens is 208 g/mol. The number of carbonyl (C=O) groups excluding carboxylic acids is 1. The zero-order valence-electron chi connectivity index (χ0n) is 8.98. The van der Waals surface area contributed by atoms with Crippen LogP contribution < -0.4 is 11.0 Å². The largest absolute Gasteiger partial charge is 0.329 e. The Morgan fingerprint density at radius 1 is 1.38 bits per heavy atom. The normalized spacial score (nSPS) is 15.1. The molecule has 5 heteroatoms. The van der Waals surface area contributed by atoms with Gasteiger partial charge in [0.1, 0.15) is 0 Å². The number of hydrogen-bond acceptors (Lipinski definition) is 3. The molecule has 1 fully saturated rings. The van der Waals surface area contributed by atoms with Crippen LogP contribution in [0.4, 0.5) is 0 Å². The van der Waals surface area contributed by atoms with Gasteiger partial charge in [-0.3, -0.25) is 14.8 Å². The Morgan fingerprint density at radius 2 is 2.06 bits per heavy atom. The molecule has 2 rings (SSSR count). The molecule has 0 radical (unpaired) electrons. The molecule has 0 bridgehead atoms. The summed E-state index contributed by atoms with van der Waals surface area (Å²) in [5.74, 6) is -0.137. The van der Waals surface area contributed by atoms with Crippen molar-refractivity contribution in [1.29, 1.82) is 0 Å². The summed E-state index contributed by atoms with van der Waals surface area (Å²) in [5.41, 5.74) is 1.61. The van der Waals surface area contributed by atoms with Gasteiger partial charge in [0.2, 0.25) is 11.5 Å². The Morgan fingerprint density at radius 3 is 2.44 bits per heavy atom. The van der Waals surface area contributed by atoms with E-state index in [1.54, 1.807) is 23.8 Å². The average molecular weight is 224 g/mol. The maximum atomic E-state index is 10.7. The van der Waals surface area contributed by atoms with E-state index in [1.165, 1.54) is 6.07 Å². The van der Waals surface area contributed by atoms with Crippen molar-refractivity contribution < 1.29 is 10.0 Å². The Balaban J connectivity index is 0.000000165. The highest BCUT2D eigenvalue weighted by molar-refractivity contribution is 5.77. The van der Waals surface area contributed by atoms with Crippen LogP contribution in [-0.2, 0) is 4.79 Å². The minimum Gasteiger partial charge on any atom is -0.329 e. The van der Waals surface area contributed by atoms with Gasteiger partial charge in [-0.05, 0) is 18.9 Å². The molecule has 0 aliphatic heterocycles. The summed E-state index contributed by atoms with van der Waals surface area (Å²) in [6.07, 6.45) is 5.72.